The van der Waals surface area contributed by atoms with Crippen molar-refractivity contribution in [2.75, 3.05) is 13.2 Å². The molecule has 0 radical (unpaired) electrons. The Hall–Kier alpha value is -0.340. The van der Waals surface area contributed by atoms with Crippen LogP contribution in [0.5, 0.6) is 0 Å². The number of rotatable bonds is 3. The molecule has 2 fully saturated rings. The van der Waals surface area contributed by atoms with Crippen LogP contribution < -0.4 is 0 Å². The molecular formula is C14H22O2. The molecule has 4 atom stereocenters. The van der Waals surface area contributed by atoms with E-state index in [9.17, 15) is 0 Å². The second kappa shape index (κ2) is 4.15. The van der Waals surface area contributed by atoms with Crippen molar-refractivity contribution < 1.29 is 9.47 Å². The lowest BCUT2D eigenvalue weighted by Crippen LogP contribution is -2.32. The third-order valence-electron chi connectivity index (χ3n) is 4.53. The molecule has 0 amide bonds. The largest absolute Gasteiger partial charge is 0.353 e. The van der Waals surface area contributed by atoms with Gasteiger partial charge in [0.15, 0.2) is 6.29 Å². The van der Waals surface area contributed by atoms with E-state index in [1.807, 2.05) is 0 Å². The van der Waals surface area contributed by atoms with E-state index in [2.05, 4.69) is 19.1 Å². The number of hydrogen-bond donors (Lipinski definition) is 0. The molecule has 2 nitrogen and oxygen atoms in total. The fraction of sp³-hybridized carbons (Fsp3) is 0.857. The summed E-state index contributed by atoms with van der Waals surface area (Å²) in [6.07, 6.45) is 11.1. The normalized spacial score (nSPS) is 46.4. The van der Waals surface area contributed by atoms with Crippen LogP contribution in [0, 0.1) is 17.3 Å². The van der Waals surface area contributed by atoms with Gasteiger partial charge < -0.3 is 9.47 Å². The van der Waals surface area contributed by atoms with Crippen LogP contribution in [-0.4, -0.2) is 19.5 Å². The van der Waals surface area contributed by atoms with Crippen LogP contribution >= 0.6 is 0 Å². The summed E-state index contributed by atoms with van der Waals surface area (Å²) < 4.78 is 11.6. The zero-order valence-corrected chi connectivity index (χ0v) is 10.2. The molecule has 2 aliphatic carbocycles. The highest BCUT2D eigenvalue weighted by atomic mass is 16.7. The van der Waals surface area contributed by atoms with Gasteiger partial charge in [-0.3, -0.25) is 0 Å². The maximum Gasteiger partial charge on any atom is 0.157 e. The van der Waals surface area contributed by atoms with Gasteiger partial charge >= 0.3 is 0 Å². The molecule has 90 valence electrons. The quantitative estimate of drug-likeness (QED) is 0.683. The van der Waals surface area contributed by atoms with Gasteiger partial charge in [0, 0.05) is 6.61 Å². The standard InChI is InChI=1S/C14H22O2/c1-14(9-11-5-6-12(14)8-11)10-16-13-4-2-3-7-15-13/h5-6,11-13H,2-4,7-10H2,1H3. The average molecular weight is 222 g/mol. The van der Waals surface area contributed by atoms with Crippen molar-refractivity contribution in [2.24, 2.45) is 17.3 Å². The van der Waals surface area contributed by atoms with Crippen molar-refractivity contribution in [1.82, 2.24) is 0 Å². The molecule has 1 saturated carbocycles. The summed E-state index contributed by atoms with van der Waals surface area (Å²) in [6.45, 7) is 4.14. The maximum absolute atomic E-state index is 5.97. The molecule has 3 rings (SSSR count). The van der Waals surface area contributed by atoms with Gasteiger partial charge in [-0.25, -0.2) is 0 Å². The minimum atomic E-state index is 0.0775. The van der Waals surface area contributed by atoms with E-state index in [1.54, 1.807) is 0 Å². The number of fused-ring (bicyclic) bond motifs is 2. The number of ether oxygens (including phenoxy) is 2. The average Bonchev–Trinajstić information content (AvgIpc) is 2.88. The topological polar surface area (TPSA) is 18.5 Å². The van der Waals surface area contributed by atoms with Gasteiger partial charge in [-0.15, -0.1) is 0 Å². The molecule has 0 aromatic rings. The predicted molar refractivity (Wildman–Crippen MR) is 63.0 cm³/mol. The van der Waals surface area contributed by atoms with Crippen molar-refractivity contribution >= 4 is 0 Å². The van der Waals surface area contributed by atoms with Crippen LogP contribution in [0.4, 0.5) is 0 Å². The maximum atomic E-state index is 5.97. The van der Waals surface area contributed by atoms with Crippen molar-refractivity contribution in [3.8, 4) is 0 Å². The Morgan fingerprint density at radius 3 is 2.94 bits per heavy atom. The van der Waals surface area contributed by atoms with E-state index in [0.717, 1.165) is 31.5 Å². The van der Waals surface area contributed by atoms with Gasteiger partial charge in [0.1, 0.15) is 0 Å². The smallest absolute Gasteiger partial charge is 0.157 e. The summed E-state index contributed by atoms with van der Waals surface area (Å²) in [5.41, 5.74) is 0.375. The first-order chi connectivity index (χ1) is 7.76. The summed E-state index contributed by atoms with van der Waals surface area (Å²) in [4.78, 5) is 0. The predicted octanol–water partition coefficient (Wildman–Crippen LogP) is 3.13. The van der Waals surface area contributed by atoms with Crippen molar-refractivity contribution in [3.05, 3.63) is 12.2 Å². The van der Waals surface area contributed by atoms with Crippen LogP contribution in [-0.2, 0) is 9.47 Å². The third-order valence-corrected chi connectivity index (χ3v) is 4.53. The highest BCUT2D eigenvalue weighted by Crippen LogP contribution is 2.52. The SMILES string of the molecule is CC1(COC2CCCCO2)CC2C=CC1C2. The summed E-state index contributed by atoms with van der Waals surface area (Å²) in [5, 5.41) is 0. The van der Waals surface area contributed by atoms with E-state index in [1.165, 1.54) is 25.7 Å². The van der Waals surface area contributed by atoms with Crippen molar-refractivity contribution in [1.29, 1.82) is 0 Å². The minimum absolute atomic E-state index is 0.0775. The zero-order chi connectivity index (χ0) is 11.0. The Labute approximate surface area is 98.0 Å². The molecule has 0 spiro atoms. The zero-order valence-electron chi connectivity index (χ0n) is 10.2. The van der Waals surface area contributed by atoms with E-state index in [4.69, 9.17) is 9.47 Å². The van der Waals surface area contributed by atoms with Gasteiger partial charge in [0.05, 0.1) is 6.61 Å². The molecule has 0 aromatic heterocycles. The van der Waals surface area contributed by atoms with E-state index < -0.39 is 0 Å². The van der Waals surface area contributed by atoms with E-state index in [0.29, 0.717) is 5.41 Å². The lowest BCUT2D eigenvalue weighted by Gasteiger charge is -2.33. The highest BCUT2D eigenvalue weighted by Gasteiger charge is 2.45. The molecule has 2 bridgehead atoms. The van der Waals surface area contributed by atoms with Crippen LogP contribution in [0.3, 0.4) is 0 Å². The Kier molecular flexibility index (Phi) is 2.80. The monoisotopic (exact) mass is 222 g/mol. The molecule has 0 aromatic carbocycles. The number of allylic oxidation sites excluding steroid dienone is 2. The summed E-state index contributed by atoms with van der Waals surface area (Å²) >= 11 is 0. The Balaban J connectivity index is 1.53. The molecule has 2 heteroatoms. The minimum Gasteiger partial charge on any atom is -0.353 e. The molecule has 1 heterocycles. The van der Waals surface area contributed by atoms with Crippen LogP contribution in [0.25, 0.3) is 0 Å². The van der Waals surface area contributed by atoms with E-state index >= 15 is 0 Å². The summed E-state index contributed by atoms with van der Waals surface area (Å²) in [6, 6.07) is 0. The van der Waals surface area contributed by atoms with Gasteiger partial charge in [-0.05, 0) is 49.4 Å². The first-order valence-electron chi connectivity index (χ1n) is 6.68. The van der Waals surface area contributed by atoms with Gasteiger partial charge in [0.2, 0.25) is 0 Å². The van der Waals surface area contributed by atoms with Crippen LogP contribution in [0.2, 0.25) is 0 Å². The van der Waals surface area contributed by atoms with Crippen LogP contribution in [0.1, 0.15) is 39.0 Å². The molecule has 4 unspecified atom stereocenters. The van der Waals surface area contributed by atoms with Gasteiger partial charge in [-0.1, -0.05) is 19.1 Å². The lowest BCUT2D eigenvalue weighted by molar-refractivity contribution is -0.179. The molecule has 3 aliphatic rings. The highest BCUT2D eigenvalue weighted by molar-refractivity contribution is 5.14. The molecule has 0 N–H and O–H groups in total. The Bertz CT molecular complexity index is 280. The van der Waals surface area contributed by atoms with Crippen LogP contribution in [0.15, 0.2) is 12.2 Å². The first-order valence-corrected chi connectivity index (χ1v) is 6.68. The molecule has 1 saturated heterocycles. The summed E-state index contributed by atoms with van der Waals surface area (Å²) in [7, 11) is 0. The van der Waals surface area contributed by atoms with Gasteiger partial charge in [0.25, 0.3) is 0 Å². The van der Waals surface area contributed by atoms with Crippen molar-refractivity contribution in [3.63, 3.8) is 0 Å². The lowest BCUT2D eigenvalue weighted by atomic mass is 9.78. The van der Waals surface area contributed by atoms with E-state index in [-0.39, 0.29) is 6.29 Å². The Morgan fingerprint density at radius 2 is 2.31 bits per heavy atom. The third kappa shape index (κ3) is 1.93. The Morgan fingerprint density at radius 1 is 1.38 bits per heavy atom. The fourth-order valence-corrected chi connectivity index (χ4v) is 3.48. The fourth-order valence-electron chi connectivity index (χ4n) is 3.48. The summed E-state index contributed by atoms with van der Waals surface area (Å²) in [5.74, 6) is 1.58. The molecular weight excluding hydrogens is 200 g/mol. The van der Waals surface area contributed by atoms with Crippen molar-refractivity contribution in [2.45, 2.75) is 45.3 Å². The second-order valence-electron chi connectivity index (χ2n) is 5.95. The number of hydrogen-bond acceptors (Lipinski definition) is 2. The first kappa shape index (κ1) is 10.8. The second-order valence-corrected chi connectivity index (χ2v) is 5.95. The molecule has 16 heavy (non-hydrogen) atoms. The molecule has 1 aliphatic heterocycles. The van der Waals surface area contributed by atoms with Gasteiger partial charge in [-0.2, -0.15) is 0 Å².